The second-order valence-corrected chi connectivity index (χ2v) is 8.82. The average molecular weight is 371 g/mol. The lowest BCUT2D eigenvalue weighted by atomic mass is 10.0. The van der Waals surface area contributed by atoms with Crippen LogP contribution in [0.4, 0.5) is 5.69 Å². The molecule has 1 aliphatic heterocycles. The monoisotopic (exact) mass is 371 g/mol. The Morgan fingerprint density at radius 2 is 1.76 bits per heavy atom. The molecule has 8 nitrogen and oxygen atoms in total. The van der Waals surface area contributed by atoms with Crippen LogP contribution in [0.3, 0.4) is 0 Å². The van der Waals surface area contributed by atoms with Crippen LogP contribution in [-0.4, -0.2) is 55.6 Å². The van der Waals surface area contributed by atoms with Crippen LogP contribution in [0.5, 0.6) is 0 Å². The number of non-ortho nitro benzene ring substituents is 1. The summed E-state index contributed by atoms with van der Waals surface area (Å²) in [7, 11) is -3.73. The summed E-state index contributed by atoms with van der Waals surface area (Å²) >= 11 is 0. The number of nitro benzene ring substituents is 1. The highest BCUT2D eigenvalue weighted by Crippen LogP contribution is 2.22. The van der Waals surface area contributed by atoms with Crippen LogP contribution in [-0.2, 0) is 14.8 Å². The van der Waals surface area contributed by atoms with Gasteiger partial charge < -0.3 is 4.74 Å². The zero-order chi connectivity index (χ0) is 18.8. The van der Waals surface area contributed by atoms with Crippen LogP contribution >= 0.6 is 0 Å². The molecule has 1 aromatic carbocycles. The average Bonchev–Trinajstić information content (AvgIpc) is 2.52. The Kier molecular flexibility index (Phi) is 5.82. The minimum absolute atomic E-state index is 0.0117. The maximum absolute atomic E-state index is 12.4. The third-order valence-corrected chi connectivity index (χ3v) is 5.75. The quantitative estimate of drug-likeness (QED) is 0.604. The first-order valence-electron chi connectivity index (χ1n) is 8.16. The van der Waals surface area contributed by atoms with Crippen molar-refractivity contribution in [1.82, 2.24) is 9.62 Å². The van der Waals surface area contributed by atoms with E-state index in [2.05, 4.69) is 9.62 Å². The third kappa shape index (κ3) is 4.97. The van der Waals surface area contributed by atoms with Crippen molar-refractivity contribution in [2.45, 2.75) is 50.3 Å². The molecule has 0 saturated carbocycles. The van der Waals surface area contributed by atoms with Crippen molar-refractivity contribution in [3.05, 3.63) is 34.4 Å². The van der Waals surface area contributed by atoms with Crippen molar-refractivity contribution in [2.24, 2.45) is 0 Å². The van der Waals surface area contributed by atoms with E-state index in [0.717, 1.165) is 13.1 Å². The lowest BCUT2D eigenvalue weighted by Gasteiger charge is -2.45. The van der Waals surface area contributed by atoms with E-state index in [4.69, 9.17) is 4.74 Å². The molecule has 1 aromatic rings. The number of morpholine rings is 1. The summed E-state index contributed by atoms with van der Waals surface area (Å²) in [6.45, 7) is 9.66. The number of hydrogen-bond acceptors (Lipinski definition) is 6. The number of nitrogens with one attached hydrogen (secondary N) is 1. The van der Waals surface area contributed by atoms with E-state index in [1.165, 1.54) is 24.3 Å². The second-order valence-electron chi connectivity index (χ2n) is 7.05. The van der Waals surface area contributed by atoms with Crippen LogP contribution in [0.2, 0.25) is 0 Å². The molecule has 9 heteroatoms. The van der Waals surface area contributed by atoms with E-state index in [9.17, 15) is 18.5 Å². The summed E-state index contributed by atoms with van der Waals surface area (Å²) < 4.78 is 33.2. The van der Waals surface area contributed by atoms with E-state index in [0.29, 0.717) is 0 Å². The summed E-state index contributed by atoms with van der Waals surface area (Å²) in [5, 5.41) is 10.7. The van der Waals surface area contributed by atoms with Crippen LogP contribution < -0.4 is 4.72 Å². The zero-order valence-corrected chi connectivity index (χ0v) is 15.7. The molecule has 2 atom stereocenters. The smallest absolute Gasteiger partial charge is 0.269 e. The molecular formula is C16H25N3O5S. The van der Waals surface area contributed by atoms with Crippen LogP contribution in [0, 0.1) is 10.1 Å². The Balaban J connectivity index is 2.06. The molecule has 1 N–H and O–H groups in total. The van der Waals surface area contributed by atoms with Gasteiger partial charge in [0, 0.05) is 37.3 Å². The third-order valence-electron chi connectivity index (χ3n) is 4.33. The van der Waals surface area contributed by atoms with Gasteiger partial charge in [-0.15, -0.1) is 0 Å². The lowest BCUT2D eigenvalue weighted by molar-refractivity contribution is -0.384. The highest BCUT2D eigenvalue weighted by atomic mass is 32.2. The number of benzene rings is 1. The van der Waals surface area contributed by atoms with Gasteiger partial charge in [0.25, 0.3) is 5.69 Å². The summed E-state index contributed by atoms with van der Waals surface area (Å²) in [5.41, 5.74) is -0.532. The van der Waals surface area contributed by atoms with Crippen LogP contribution in [0.15, 0.2) is 29.2 Å². The molecule has 0 bridgehead atoms. The summed E-state index contributed by atoms with van der Waals surface area (Å²) in [5.74, 6) is 0. The van der Waals surface area contributed by atoms with Crippen molar-refractivity contribution in [1.29, 1.82) is 0 Å². The molecule has 0 aliphatic carbocycles. The van der Waals surface area contributed by atoms with E-state index >= 15 is 0 Å². The standard InChI is InChI=1S/C16H25N3O5S/c1-12-9-18(10-13(2)24-12)16(3,4)11-17-25(22,23)15-7-5-14(6-8-15)19(20)21/h5-8,12-13,17H,9-11H2,1-4H3/t12-,13-/m1/s1. The molecule has 0 aromatic heterocycles. The molecule has 1 aliphatic rings. The number of ether oxygens (including phenoxy) is 1. The second kappa shape index (κ2) is 7.36. The van der Waals surface area contributed by atoms with Gasteiger partial charge in [-0.3, -0.25) is 15.0 Å². The van der Waals surface area contributed by atoms with Gasteiger partial charge in [-0.1, -0.05) is 0 Å². The fourth-order valence-electron chi connectivity index (χ4n) is 2.89. The Labute approximate surface area is 148 Å². The zero-order valence-electron chi connectivity index (χ0n) is 14.9. The minimum atomic E-state index is -3.73. The lowest BCUT2D eigenvalue weighted by Crippen LogP contribution is -2.58. The van der Waals surface area contributed by atoms with Gasteiger partial charge >= 0.3 is 0 Å². The van der Waals surface area contributed by atoms with E-state index < -0.39 is 14.9 Å². The molecule has 0 spiro atoms. The van der Waals surface area contributed by atoms with Crippen molar-refractivity contribution in [2.75, 3.05) is 19.6 Å². The summed E-state index contributed by atoms with van der Waals surface area (Å²) in [6, 6.07) is 4.86. The Morgan fingerprint density at radius 3 is 2.24 bits per heavy atom. The van der Waals surface area contributed by atoms with Gasteiger partial charge in [0.2, 0.25) is 10.0 Å². The fourth-order valence-corrected chi connectivity index (χ4v) is 4.09. The van der Waals surface area contributed by atoms with Crippen LogP contribution in [0.1, 0.15) is 27.7 Å². The maximum Gasteiger partial charge on any atom is 0.269 e. The SMILES string of the molecule is C[C@@H]1CN(C(C)(C)CNS(=O)(=O)c2ccc([N+](=O)[O-])cc2)C[C@@H](C)O1. The van der Waals surface area contributed by atoms with Gasteiger partial charge in [-0.25, -0.2) is 13.1 Å². The van der Waals surface area contributed by atoms with E-state index in [1.807, 2.05) is 27.7 Å². The summed E-state index contributed by atoms with van der Waals surface area (Å²) in [6.07, 6.45) is 0.184. The largest absolute Gasteiger partial charge is 0.373 e. The maximum atomic E-state index is 12.4. The van der Waals surface area contributed by atoms with Gasteiger partial charge in [0.15, 0.2) is 0 Å². The van der Waals surface area contributed by atoms with Crippen molar-refractivity contribution >= 4 is 15.7 Å². The van der Waals surface area contributed by atoms with Gasteiger partial charge in [0.1, 0.15) is 0 Å². The normalized spacial score (nSPS) is 22.7. The Morgan fingerprint density at radius 1 is 1.24 bits per heavy atom. The van der Waals surface area contributed by atoms with Crippen molar-refractivity contribution in [3.63, 3.8) is 0 Å². The summed E-state index contributed by atoms with van der Waals surface area (Å²) in [4.78, 5) is 12.3. The number of sulfonamides is 1. The first-order chi connectivity index (χ1) is 11.5. The van der Waals surface area contributed by atoms with Crippen molar-refractivity contribution < 1.29 is 18.1 Å². The number of rotatable bonds is 6. The molecule has 1 heterocycles. The fraction of sp³-hybridized carbons (Fsp3) is 0.625. The van der Waals surface area contributed by atoms with E-state index in [1.54, 1.807) is 0 Å². The van der Waals surface area contributed by atoms with Gasteiger partial charge in [-0.05, 0) is 39.8 Å². The number of nitrogens with zero attached hydrogens (tertiary/aromatic N) is 2. The molecule has 0 unspecified atom stereocenters. The number of nitro groups is 1. The molecule has 1 saturated heterocycles. The highest BCUT2D eigenvalue weighted by molar-refractivity contribution is 7.89. The van der Waals surface area contributed by atoms with Gasteiger partial charge in [0.05, 0.1) is 22.0 Å². The molecule has 140 valence electrons. The Bertz CT molecular complexity index is 708. The Hall–Kier alpha value is -1.55. The topological polar surface area (TPSA) is 102 Å². The van der Waals surface area contributed by atoms with E-state index in [-0.39, 0.29) is 34.9 Å². The van der Waals surface area contributed by atoms with Crippen LogP contribution in [0.25, 0.3) is 0 Å². The molecule has 25 heavy (non-hydrogen) atoms. The molecule has 1 fully saturated rings. The first kappa shape index (κ1) is 19.8. The highest BCUT2D eigenvalue weighted by Gasteiger charge is 2.34. The molecular weight excluding hydrogens is 346 g/mol. The predicted molar refractivity (Wildman–Crippen MR) is 93.9 cm³/mol. The van der Waals surface area contributed by atoms with Gasteiger partial charge in [-0.2, -0.15) is 0 Å². The molecule has 0 amide bonds. The first-order valence-corrected chi connectivity index (χ1v) is 9.64. The molecule has 2 rings (SSSR count). The molecule has 0 radical (unpaired) electrons. The van der Waals surface area contributed by atoms with Crippen molar-refractivity contribution in [3.8, 4) is 0 Å². The minimum Gasteiger partial charge on any atom is -0.373 e. The predicted octanol–water partition coefficient (Wildman–Crippen LogP) is 1.76. The number of hydrogen-bond donors (Lipinski definition) is 1.